The second-order valence-electron chi connectivity index (χ2n) is 11.4. The van der Waals surface area contributed by atoms with E-state index < -0.39 is 16.1 Å². The molecule has 41 heavy (non-hydrogen) atoms. The lowest BCUT2D eigenvalue weighted by Crippen LogP contribution is -2.45. The number of piperidine rings is 1. The van der Waals surface area contributed by atoms with Crippen molar-refractivity contribution in [2.75, 3.05) is 32.8 Å². The number of rotatable bonds is 9. The maximum absolute atomic E-state index is 13.3. The summed E-state index contributed by atoms with van der Waals surface area (Å²) in [5.74, 6) is 0.425. The Kier molecular flexibility index (Phi) is 10.6. The Bertz CT molecular complexity index is 1280. The Morgan fingerprint density at radius 1 is 0.927 bits per heavy atom. The first kappa shape index (κ1) is 31.0. The van der Waals surface area contributed by atoms with E-state index in [1.54, 1.807) is 0 Å². The van der Waals surface area contributed by atoms with E-state index in [1.165, 1.54) is 34.8 Å². The van der Waals surface area contributed by atoms with Crippen LogP contribution in [0, 0.1) is 5.92 Å². The average Bonchev–Trinajstić information content (AvgIpc) is 3.47. The molecule has 1 amide bonds. The van der Waals surface area contributed by atoms with Crippen LogP contribution in [0.25, 0.3) is 0 Å². The minimum absolute atomic E-state index is 0.0184. The number of nitrogens with zero attached hydrogens (tertiary/aromatic N) is 2. The molecule has 3 fully saturated rings. The van der Waals surface area contributed by atoms with Gasteiger partial charge in [0, 0.05) is 30.2 Å². The predicted molar refractivity (Wildman–Crippen MR) is 163 cm³/mol. The summed E-state index contributed by atoms with van der Waals surface area (Å²) in [7, 11) is -3.95. The van der Waals surface area contributed by atoms with E-state index in [0.717, 1.165) is 38.8 Å². The van der Waals surface area contributed by atoms with E-state index >= 15 is 0 Å². The third-order valence-corrected chi connectivity index (χ3v) is 11.6. The van der Waals surface area contributed by atoms with Crippen molar-refractivity contribution in [1.82, 2.24) is 14.5 Å². The van der Waals surface area contributed by atoms with Crippen LogP contribution < -0.4 is 5.32 Å². The summed E-state index contributed by atoms with van der Waals surface area (Å²) in [5.41, 5.74) is 1.40. The first-order valence-electron chi connectivity index (χ1n) is 14.6. The topological polar surface area (TPSA) is 78.9 Å². The van der Waals surface area contributed by atoms with Crippen molar-refractivity contribution in [3.63, 3.8) is 0 Å². The van der Waals surface area contributed by atoms with Crippen molar-refractivity contribution in [1.29, 1.82) is 0 Å². The van der Waals surface area contributed by atoms with E-state index in [-0.39, 0.29) is 45.1 Å². The fourth-order valence-electron chi connectivity index (χ4n) is 6.66. The van der Waals surface area contributed by atoms with Crippen LogP contribution in [0.1, 0.15) is 63.0 Å². The molecule has 1 aliphatic carbocycles. The van der Waals surface area contributed by atoms with Crippen LogP contribution in [-0.4, -0.2) is 68.5 Å². The molecule has 0 spiro atoms. The molecule has 2 heterocycles. The largest absolute Gasteiger partial charge is 0.367 e. The van der Waals surface area contributed by atoms with Crippen molar-refractivity contribution in [3.8, 4) is 0 Å². The summed E-state index contributed by atoms with van der Waals surface area (Å²) in [5, 5.41) is 3.39. The zero-order valence-corrected chi connectivity index (χ0v) is 26.2. The first-order chi connectivity index (χ1) is 19.7. The summed E-state index contributed by atoms with van der Waals surface area (Å²) in [4.78, 5) is 15.3. The number of hydrogen-bond donors (Lipinski definition) is 1. The molecule has 2 saturated heterocycles. The van der Waals surface area contributed by atoms with Crippen LogP contribution in [0.4, 0.5) is 0 Å². The van der Waals surface area contributed by atoms with Gasteiger partial charge < -0.3 is 10.1 Å². The summed E-state index contributed by atoms with van der Waals surface area (Å²) >= 11 is 18.4. The second-order valence-corrected chi connectivity index (χ2v) is 14.5. The van der Waals surface area contributed by atoms with Gasteiger partial charge in [-0.2, -0.15) is 4.31 Å². The first-order valence-corrected chi connectivity index (χ1v) is 17.1. The molecule has 1 saturated carbocycles. The third kappa shape index (κ3) is 7.58. The number of sulfonamides is 1. The molecule has 11 heteroatoms. The summed E-state index contributed by atoms with van der Waals surface area (Å²) in [6, 6.07) is 14.2. The number of benzene rings is 2. The Balaban J connectivity index is 1.11. The van der Waals surface area contributed by atoms with Crippen LogP contribution >= 0.6 is 34.8 Å². The van der Waals surface area contributed by atoms with E-state index in [0.29, 0.717) is 31.3 Å². The van der Waals surface area contributed by atoms with Gasteiger partial charge in [0.05, 0.1) is 16.1 Å². The number of carbonyl (C=O) groups is 1. The number of nitrogens with one attached hydrogen (secondary N) is 1. The van der Waals surface area contributed by atoms with Gasteiger partial charge in [0.25, 0.3) is 0 Å². The van der Waals surface area contributed by atoms with E-state index in [9.17, 15) is 13.2 Å². The molecule has 2 aliphatic heterocycles. The molecule has 224 valence electrons. The van der Waals surface area contributed by atoms with Crippen LogP contribution in [0.3, 0.4) is 0 Å². The highest BCUT2D eigenvalue weighted by Gasteiger charge is 2.36. The highest BCUT2D eigenvalue weighted by Crippen LogP contribution is 2.40. The van der Waals surface area contributed by atoms with Crippen molar-refractivity contribution >= 4 is 50.7 Å². The highest BCUT2D eigenvalue weighted by molar-refractivity contribution is 7.89. The molecular weight excluding hydrogens is 605 g/mol. The van der Waals surface area contributed by atoms with Gasteiger partial charge in [0.1, 0.15) is 11.5 Å². The minimum atomic E-state index is -3.95. The fourth-order valence-corrected chi connectivity index (χ4v) is 9.66. The van der Waals surface area contributed by atoms with Crippen LogP contribution in [0.15, 0.2) is 47.4 Å². The van der Waals surface area contributed by atoms with Gasteiger partial charge in [-0.1, -0.05) is 65.1 Å². The third-order valence-electron chi connectivity index (χ3n) is 8.61. The van der Waals surface area contributed by atoms with Crippen molar-refractivity contribution < 1.29 is 17.9 Å². The van der Waals surface area contributed by atoms with Crippen molar-refractivity contribution in [2.45, 2.75) is 74.4 Å². The number of halogens is 3. The standard InChI is InChI=1S/C30H38Cl3N3O4S/c31-23-17-26(32)30(27(33)18-23)41(38,39)36-16-6-9-25(19-36)40-20-28(37)34-24-12-10-22(11-13-24)29(35-14-4-5-15-35)21-7-2-1-3-8-21/h1-3,7-8,17-18,22,24-25,29H,4-6,9-16,19-20H2,(H,34,37). The zero-order valence-electron chi connectivity index (χ0n) is 23.1. The van der Waals surface area contributed by atoms with Gasteiger partial charge in [-0.05, 0) is 88.1 Å². The molecule has 0 radical (unpaired) electrons. The van der Waals surface area contributed by atoms with Gasteiger partial charge in [-0.15, -0.1) is 0 Å². The molecule has 0 bridgehead atoms. The molecule has 7 nitrogen and oxygen atoms in total. The normalized spacial score (nSPS) is 25.2. The quantitative estimate of drug-likeness (QED) is 0.346. The Hall–Kier alpha value is -1.39. The van der Waals surface area contributed by atoms with Crippen LogP contribution in [0.5, 0.6) is 0 Å². The zero-order chi connectivity index (χ0) is 29.0. The summed E-state index contributed by atoms with van der Waals surface area (Å²) in [6.45, 7) is 2.68. The van der Waals surface area contributed by atoms with Crippen LogP contribution in [0.2, 0.25) is 15.1 Å². The SMILES string of the molecule is O=C(COC1CCCN(S(=O)(=O)c2c(Cl)cc(Cl)cc2Cl)C1)NC1CCC(C(c2ccccc2)N2CCCC2)CC1. The lowest BCUT2D eigenvalue weighted by Gasteiger charge is -2.39. The molecular formula is C30H38Cl3N3O4S. The number of carbonyl (C=O) groups excluding carboxylic acids is 1. The van der Waals surface area contributed by atoms with Crippen LogP contribution in [-0.2, 0) is 19.6 Å². The monoisotopic (exact) mass is 641 g/mol. The predicted octanol–water partition coefficient (Wildman–Crippen LogP) is 6.33. The number of amides is 1. The van der Waals surface area contributed by atoms with Gasteiger partial charge in [0.2, 0.25) is 15.9 Å². The molecule has 1 N–H and O–H groups in total. The maximum Gasteiger partial charge on any atom is 0.246 e. The fraction of sp³-hybridized carbons (Fsp3) is 0.567. The maximum atomic E-state index is 13.3. The number of likely N-dealkylation sites (tertiary alicyclic amines) is 1. The Morgan fingerprint density at radius 3 is 2.24 bits per heavy atom. The van der Waals surface area contributed by atoms with Gasteiger partial charge in [0.15, 0.2) is 0 Å². The minimum Gasteiger partial charge on any atom is -0.367 e. The molecule has 2 atom stereocenters. The summed E-state index contributed by atoms with van der Waals surface area (Å²) in [6.07, 6.45) is 7.47. The smallest absolute Gasteiger partial charge is 0.246 e. The lowest BCUT2D eigenvalue weighted by atomic mass is 9.78. The lowest BCUT2D eigenvalue weighted by molar-refractivity contribution is -0.129. The average molecular weight is 643 g/mol. The second kappa shape index (κ2) is 13.9. The van der Waals surface area contributed by atoms with E-state index in [2.05, 4.69) is 40.5 Å². The van der Waals surface area contributed by atoms with Gasteiger partial charge in [-0.25, -0.2) is 8.42 Å². The van der Waals surface area contributed by atoms with E-state index in [4.69, 9.17) is 39.5 Å². The van der Waals surface area contributed by atoms with Crippen molar-refractivity contribution in [2.24, 2.45) is 5.92 Å². The van der Waals surface area contributed by atoms with E-state index in [1.807, 2.05) is 0 Å². The Labute approximate surface area is 258 Å². The number of ether oxygens (including phenoxy) is 1. The highest BCUT2D eigenvalue weighted by atomic mass is 35.5. The molecule has 2 unspecified atom stereocenters. The molecule has 0 aromatic heterocycles. The van der Waals surface area contributed by atoms with Crippen molar-refractivity contribution in [3.05, 3.63) is 63.1 Å². The van der Waals surface area contributed by atoms with Gasteiger partial charge in [-0.3, -0.25) is 9.69 Å². The molecule has 2 aromatic carbocycles. The molecule has 5 rings (SSSR count). The van der Waals surface area contributed by atoms with Gasteiger partial charge >= 0.3 is 0 Å². The number of hydrogen-bond acceptors (Lipinski definition) is 5. The summed E-state index contributed by atoms with van der Waals surface area (Å²) < 4.78 is 33.8. The molecule has 2 aromatic rings. The Morgan fingerprint density at radius 2 is 1.59 bits per heavy atom. The molecule has 3 aliphatic rings.